The summed E-state index contributed by atoms with van der Waals surface area (Å²) in [5, 5.41) is 13.5. The molecule has 1 aromatic rings. The van der Waals surface area contributed by atoms with Crippen LogP contribution in [0.4, 0.5) is 10.5 Å². The zero-order valence-corrected chi connectivity index (χ0v) is 16.2. The summed E-state index contributed by atoms with van der Waals surface area (Å²) in [4.78, 5) is 47.5. The molecule has 10 nitrogen and oxygen atoms in total. The number of nitrogens with zero attached hydrogens (tertiary/aromatic N) is 1. The SMILES string of the molecule is Cc1ccc(C(=O)NCCOCCOCCC(=O)O)cc1N1CCC(=O)NC1=O. The first kappa shape index (κ1) is 22.3. The zero-order chi connectivity index (χ0) is 21.2. The topological polar surface area (TPSA) is 134 Å². The van der Waals surface area contributed by atoms with Crippen molar-refractivity contribution in [2.45, 2.75) is 19.8 Å². The standard InChI is InChI=1S/C19H25N3O7/c1-13-2-3-14(12-15(13)22-7-4-16(23)21-19(22)27)18(26)20-6-9-29-11-10-28-8-5-17(24)25/h2-3,12H,4-11H2,1H3,(H,20,26)(H,24,25)(H,21,23,27). The largest absolute Gasteiger partial charge is 0.481 e. The Morgan fingerprint density at radius 3 is 2.59 bits per heavy atom. The van der Waals surface area contributed by atoms with Crippen LogP contribution in [0.25, 0.3) is 0 Å². The van der Waals surface area contributed by atoms with E-state index in [1.165, 1.54) is 4.90 Å². The maximum absolute atomic E-state index is 12.3. The van der Waals surface area contributed by atoms with Gasteiger partial charge in [-0.1, -0.05) is 6.07 Å². The van der Waals surface area contributed by atoms with E-state index in [9.17, 15) is 19.2 Å². The van der Waals surface area contributed by atoms with Crippen molar-refractivity contribution in [1.82, 2.24) is 10.6 Å². The molecule has 2 rings (SSSR count). The van der Waals surface area contributed by atoms with Crippen LogP contribution in [0, 0.1) is 6.92 Å². The smallest absolute Gasteiger partial charge is 0.328 e. The number of hydrogen-bond donors (Lipinski definition) is 3. The Bertz CT molecular complexity index is 766. The first-order valence-electron chi connectivity index (χ1n) is 9.26. The second-order valence-electron chi connectivity index (χ2n) is 6.38. The lowest BCUT2D eigenvalue weighted by atomic mass is 10.1. The number of benzene rings is 1. The average molecular weight is 407 g/mol. The molecule has 1 saturated heterocycles. The quantitative estimate of drug-likeness (QED) is 0.459. The van der Waals surface area contributed by atoms with Crippen LogP contribution in [0.1, 0.15) is 28.8 Å². The summed E-state index contributed by atoms with van der Waals surface area (Å²) >= 11 is 0. The molecule has 0 aromatic heterocycles. The summed E-state index contributed by atoms with van der Waals surface area (Å²) in [5.74, 6) is -1.53. The second kappa shape index (κ2) is 11.1. The molecule has 158 valence electrons. The number of aryl methyl sites for hydroxylation is 1. The third kappa shape index (κ3) is 7.16. The first-order chi connectivity index (χ1) is 13.9. The van der Waals surface area contributed by atoms with Crippen molar-refractivity contribution in [1.29, 1.82) is 0 Å². The van der Waals surface area contributed by atoms with E-state index < -0.39 is 12.0 Å². The van der Waals surface area contributed by atoms with Gasteiger partial charge in [-0.25, -0.2) is 4.79 Å². The lowest BCUT2D eigenvalue weighted by Crippen LogP contribution is -2.49. The van der Waals surface area contributed by atoms with E-state index in [1.54, 1.807) is 18.2 Å². The number of carbonyl (C=O) groups excluding carboxylic acids is 3. The van der Waals surface area contributed by atoms with E-state index >= 15 is 0 Å². The molecule has 0 unspecified atom stereocenters. The van der Waals surface area contributed by atoms with Gasteiger partial charge in [0.15, 0.2) is 0 Å². The molecular weight excluding hydrogens is 382 g/mol. The van der Waals surface area contributed by atoms with Gasteiger partial charge < -0.3 is 19.9 Å². The van der Waals surface area contributed by atoms with Crippen LogP contribution >= 0.6 is 0 Å². The third-order valence-electron chi connectivity index (χ3n) is 4.18. The van der Waals surface area contributed by atoms with Crippen molar-refractivity contribution in [3.05, 3.63) is 29.3 Å². The number of ether oxygens (including phenoxy) is 2. The molecule has 0 aliphatic carbocycles. The van der Waals surface area contributed by atoms with Crippen LogP contribution in [0.15, 0.2) is 18.2 Å². The van der Waals surface area contributed by atoms with E-state index in [0.29, 0.717) is 17.9 Å². The lowest BCUT2D eigenvalue weighted by Gasteiger charge is -2.28. The molecule has 4 amide bonds. The number of carboxylic acids is 1. The Morgan fingerprint density at radius 1 is 1.17 bits per heavy atom. The van der Waals surface area contributed by atoms with Gasteiger partial charge in [0.2, 0.25) is 5.91 Å². The number of nitrogens with one attached hydrogen (secondary N) is 2. The highest BCUT2D eigenvalue weighted by Crippen LogP contribution is 2.23. The van der Waals surface area contributed by atoms with Gasteiger partial charge in [-0.05, 0) is 24.6 Å². The molecule has 1 aliphatic rings. The number of amides is 4. The molecule has 1 heterocycles. The predicted molar refractivity (Wildman–Crippen MR) is 103 cm³/mol. The van der Waals surface area contributed by atoms with Gasteiger partial charge >= 0.3 is 12.0 Å². The Labute approximate surface area is 168 Å². The molecular formula is C19H25N3O7. The fourth-order valence-electron chi connectivity index (χ4n) is 2.66. The van der Waals surface area contributed by atoms with Gasteiger partial charge in [0.1, 0.15) is 0 Å². The molecule has 0 bridgehead atoms. The summed E-state index contributed by atoms with van der Waals surface area (Å²) in [5.41, 5.74) is 1.79. The first-order valence-corrected chi connectivity index (χ1v) is 9.26. The monoisotopic (exact) mass is 407 g/mol. The van der Waals surface area contributed by atoms with Gasteiger partial charge in [-0.3, -0.25) is 24.6 Å². The molecule has 10 heteroatoms. The maximum Gasteiger partial charge on any atom is 0.328 e. The maximum atomic E-state index is 12.3. The summed E-state index contributed by atoms with van der Waals surface area (Å²) in [6.45, 7) is 3.37. The number of hydrogen-bond acceptors (Lipinski definition) is 6. The molecule has 0 saturated carbocycles. The van der Waals surface area contributed by atoms with E-state index in [4.69, 9.17) is 14.6 Å². The second-order valence-corrected chi connectivity index (χ2v) is 6.38. The molecule has 1 aromatic carbocycles. The Hall–Kier alpha value is -2.98. The van der Waals surface area contributed by atoms with Gasteiger partial charge in [0.25, 0.3) is 5.91 Å². The van der Waals surface area contributed by atoms with Crippen molar-refractivity contribution < 1.29 is 33.8 Å². The molecule has 29 heavy (non-hydrogen) atoms. The van der Waals surface area contributed by atoms with Gasteiger partial charge in [0, 0.05) is 30.8 Å². The number of rotatable bonds is 11. The minimum absolute atomic E-state index is 0.0516. The molecule has 0 spiro atoms. The molecule has 1 aliphatic heterocycles. The van der Waals surface area contributed by atoms with Crippen molar-refractivity contribution >= 4 is 29.5 Å². The number of carbonyl (C=O) groups is 4. The number of aliphatic carboxylic acids is 1. The Kier molecular flexibility index (Phi) is 8.56. The normalized spacial score (nSPS) is 13.9. The lowest BCUT2D eigenvalue weighted by molar-refractivity contribution is -0.138. The van der Waals surface area contributed by atoms with Crippen LogP contribution in [-0.4, -0.2) is 68.4 Å². The predicted octanol–water partition coefficient (Wildman–Crippen LogP) is 0.679. The number of imide groups is 1. The third-order valence-corrected chi connectivity index (χ3v) is 4.18. The van der Waals surface area contributed by atoms with E-state index in [1.807, 2.05) is 6.92 Å². The zero-order valence-electron chi connectivity index (χ0n) is 16.2. The van der Waals surface area contributed by atoms with Gasteiger partial charge in [-0.15, -0.1) is 0 Å². The van der Waals surface area contributed by atoms with Crippen LogP contribution in [0.2, 0.25) is 0 Å². The van der Waals surface area contributed by atoms with Crippen LogP contribution < -0.4 is 15.5 Å². The van der Waals surface area contributed by atoms with Gasteiger partial charge in [0.05, 0.1) is 32.8 Å². The summed E-state index contributed by atoms with van der Waals surface area (Å²) in [6, 6.07) is 4.54. The fourth-order valence-corrected chi connectivity index (χ4v) is 2.66. The molecule has 1 fully saturated rings. The van der Waals surface area contributed by atoms with Crippen LogP contribution in [0.3, 0.4) is 0 Å². The van der Waals surface area contributed by atoms with Crippen molar-refractivity contribution in [3.63, 3.8) is 0 Å². The number of urea groups is 1. The molecule has 0 radical (unpaired) electrons. The van der Waals surface area contributed by atoms with Crippen molar-refractivity contribution in [2.75, 3.05) is 44.4 Å². The van der Waals surface area contributed by atoms with Gasteiger partial charge in [-0.2, -0.15) is 0 Å². The summed E-state index contributed by atoms with van der Waals surface area (Å²) < 4.78 is 10.4. The van der Waals surface area contributed by atoms with E-state index in [-0.39, 0.29) is 57.6 Å². The highest BCUT2D eigenvalue weighted by molar-refractivity contribution is 6.06. The minimum Gasteiger partial charge on any atom is -0.481 e. The molecule has 3 N–H and O–H groups in total. The summed E-state index contributed by atoms with van der Waals surface area (Å²) in [6.07, 6.45) is 0.156. The van der Waals surface area contributed by atoms with Crippen LogP contribution in [-0.2, 0) is 19.1 Å². The number of anilines is 1. The Balaban J connectivity index is 1.76. The Morgan fingerprint density at radius 2 is 1.90 bits per heavy atom. The minimum atomic E-state index is -0.915. The average Bonchev–Trinajstić information content (AvgIpc) is 2.67. The van der Waals surface area contributed by atoms with E-state index in [2.05, 4.69) is 10.6 Å². The van der Waals surface area contributed by atoms with Crippen LogP contribution in [0.5, 0.6) is 0 Å². The summed E-state index contributed by atoms with van der Waals surface area (Å²) in [7, 11) is 0. The highest BCUT2D eigenvalue weighted by atomic mass is 16.5. The van der Waals surface area contributed by atoms with Crippen molar-refractivity contribution in [2.24, 2.45) is 0 Å². The van der Waals surface area contributed by atoms with Crippen molar-refractivity contribution in [3.8, 4) is 0 Å². The molecule has 0 atom stereocenters. The number of carboxylic acid groups (broad SMARTS) is 1. The van der Waals surface area contributed by atoms with E-state index in [0.717, 1.165) is 5.56 Å². The highest BCUT2D eigenvalue weighted by Gasteiger charge is 2.25. The fraction of sp³-hybridized carbons (Fsp3) is 0.474.